The normalized spacial score (nSPS) is 11.2. The molecule has 2 aromatic carbocycles. The number of carbonyl (C=O) groups excluding carboxylic acids is 2. The second-order valence-corrected chi connectivity index (χ2v) is 5.55. The number of hydrogen-bond acceptors (Lipinski definition) is 4. The standard InChI is InChI=1S/C19H18N2O3/c1-12-7-8-17(13(2)9-12)19(23)24-14(3)18(22)21-16-6-4-5-15(10-16)11-20/h4-10,14H,1-3H3,(H,21,22). The molecule has 0 fully saturated rings. The summed E-state index contributed by atoms with van der Waals surface area (Å²) < 4.78 is 5.23. The molecule has 0 saturated heterocycles. The molecule has 1 unspecified atom stereocenters. The summed E-state index contributed by atoms with van der Waals surface area (Å²) in [6, 6.07) is 13.9. The van der Waals surface area contributed by atoms with Crippen molar-refractivity contribution in [1.29, 1.82) is 5.26 Å². The smallest absolute Gasteiger partial charge is 0.339 e. The fourth-order valence-electron chi connectivity index (χ4n) is 2.23. The van der Waals surface area contributed by atoms with Crippen LogP contribution >= 0.6 is 0 Å². The van der Waals surface area contributed by atoms with Crippen molar-refractivity contribution in [3.63, 3.8) is 0 Å². The first-order chi connectivity index (χ1) is 11.4. The van der Waals surface area contributed by atoms with E-state index in [9.17, 15) is 9.59 Å². The second-order valence-electron chi connectivity index (χ2n) is 5.55. The van der Waals surface area contributed by atoms with Gasteiger partial charge in [-0.05, 0) is 50.6 Å². The Hall–Kier alpha value is -3.13. The lowest BCUT2D eigenvalue weighted by molar-refractivity contribution is -0.123. The Morgan fingerprint density at radius 2 is 1.92 bits per heavy atom. The molecule has 2 rings (SSSR count). The molecular formula is C19H18N2O3. The van der Waals surface area contributed by atoms with Gasteiger partial charge < -0.3 is 10.1 Å². The van der Waals surface area contributed by atoms with Crippen LogP contribution in [-0.2, 0) is 9.53 Å². The van der Waals surface area contributed by atoms with Gasteiger partial charge >= 0.3 is 5.97 Å². The summed E-state index contributed by atoms with van der Waals surface area (Å²) in [6.07, 6.45) is -0.955. The van der Waals surface area contributed by atoms with Gasteiger partial charge in [-0.3, -0.25) is 4.79 Å². The lowest BCUT2D eigenvalue weighted by atomic mass is 10.1. The summed E-state index contributed by atoms with van der Waals surface area (Å²) in [4.78, 5) is 24.3. The van der Waals surface area contributed by atoms with Crippen molar-refractivity contribution >= 4 is 17.6 Å². The van der Waals surface area contributed by atoms with Gasteiger partial charge in [-0.15, -0.1) is 0 Å². The van der Waals surface area contributed by atoms with Crippen LogP contribution in [0.5, 0.6) is 0 Å². The maximum absolute atomic E-state index is 12.2. The third-order valence-electron chi connectivity index (χ3n) is 3.51. The topological polar surface area (TPSA) is 79.2 Å². The predicted octanol–water partition coefficient (Wildman–Crippen LogP) is 3.36. The summed E-state index contributed by atoms with van der Waals surface area (Å²) in [5.41, 5.74) is 3.20. The summed E-state index contributed by atoms with van der Waals surface area (Å²) in [5, 5.41) is 11.5. The molecule has 0 radical (unpaired) electrons. The molecule has 0 spiro atoms. The highest BCUT2D eigenvalue weighted by atomic mass is 16.5. The molecule has 0 aromatic heterocycles. The lowest BCUT2D eigenvalue weighted by Gasteiger charge is -2.14. The first-order valence-electron chi connectivity index (χ1n) is 7.50. The molecule has 0 aliphatic rings. The summed E-state index contributed by atoms with van der Waals surface area (Å²) >= 11 is 0. The maximum atomic E-state index is 12.2. The maximum Gasteiger partial charge on any atom is 0.339 e. The highest BCUT2D eigenvalue weighted by Crippen LogP contribution is 2.14. The second kappa shape index (κ2) is 7.42. The van der Waals surface area contributed by atoms with E-state index in [1.807, 2.05) is 32.0 Å². The van der Waals surface area contributed by atoms with Crippen molar-refractivity contribution < 1.29 is 14.3 Å². The molecule has 0 saturated carbocycles. The van der Waals surface area contributed by atoms with Crippen molar-refractivity contribution in [3.8, 4) is 6.07 Å². The molecule has 1 N–H and O–H groups in total. The molecule has 0 aliphatic heterocycles. The van der Waals surface area contributed by atoms with Crippen LogP contribution in [-0.4, -0.2) is 18.0 Å². The molecule has 1 amide bonds. The molecule has 0 bridgehead atoms. The first-order valence-corrected chi connectivity index (χ1v) is 7.50. The molecule has 122 valence electrons. The van der Waals surface area contributed by atoms with E-state index in [1.165, 1.54) is 6.92 Å². The van der Waals surface area contributed by atoms with E-state index < -0.39 is 18.0 Å². The summed E-state index contributed by atoms with van der Waals surface area (Å²) in [6.45, 7) is 5.26. The number of anilines is 1. The highest BCUT2D eigenvalue weighted by molar-refractivity contribution is 5.97. The quantitative estimate of drug-likeness (QED) is 0.875. The Bertz CT molecular complexity index is 822. The van der Waals surface area contributed by atoms with Crippen LogP contribution < -0.4 is 5.32 Å². The number of rotatable bonds is 4. The van der Waals surface area contributed by atoms with Crippen LogP contribution in [0.3, 0.4) is 0 Å². The van der Waals surface area contributed by atoms with E-state index in [-0.39, 0.29) is 0 Å². The number of nitrogens with one attached hydrogen (secondary N) is 1. The number of carbonyl (C=O) groups is 2. The number of benzene rings is 2. The minimum atomic E-state index is -0.955. The van der Waals surface area contributed by atoms with E-state index in [0.717, 1.165) is 11.1 Å². The van der Waals surface area contributed by atoms with Gasteiger partial charge in [0.25, 0.3) is 5.91 Å². The Balaban J connectivity index is 2.03. The van der Waals surface area contributed by atoms with Gasteiger partial charge in [0, 0.05) is 5.69 Å². The number of nitriles is 1. The third kappa shape index (κ3) is 4.20. The number of amides is 1. The zero-order valence-electron chi connectivity index (χ0n) is 13.8. The van der Waals surface area contributed by atoms with E-state index in [1.54, 1.807) is 30.3 Å². The van der Waals surface area contributed by atoms with Crippen LogP contribution in [0.1, 0.15) is 34.0 Å². The Kier molecular flexibility index (Phi) is 5.33. The van der Waals surface area contributed by atoms with Gasteiger partial charge in [0.1, 0.15) is 0 Å². The fraction of sp³-hybridized carbons (Fsp3) is 0.211. The zero-order valence-corrected chi connectivity index (χ0v) is 13.8. The first kappa shape index (κ1) is 17.2. The SMILES string of the molecule is Cc1ccc(C(=O)OC(C)C(=O)Nc2cccc(C#N)c2)c(C)c1. The molecule has 24 heavy (non-hydrogen) atoms. The molecule has 0 aliphatic carbocycles. The minimum absolute atomic E-state index is 0.437. The largest absolute Gasteiger partial charge is 0.449 e. The van der Waals surface area contributed by atoms with Gasteiger partial charge in [-0.1, -0.05) is 23.8 Å². The van der Waals surface area contributed by atoms with E-state index in [2.05, 4.69) is 5.32 Å². The average Bonchev–Trinajstić information content (AvgIpc) is 2.54. The third-order valence-corrected chi connectivity index (χ3v) is 3.51. The fourth-order valence-corrected chi connectivity index (χ4v) is 2.23. The summed E-state index contributed by atoms with van der Waals surface area (Å²) in [5.74, 6) is -0.996. The van der Waals surface area contributed by atoms with Crippen LogP contribution in [0.25, 0.3) is 0 Å². The minimum Gasteiger partial charge on any atom is -0.449 e. The van der Waals surface area contributed by atoms with Gasteiger partial charge in [-0.2, -0.15) is 5.26 Å². The van der Waals surface area contributed by atoms with E-state index in [0.29, 0.717) is 16.8 Å². The zero-order chi connectivity index (χ0) is 17.7. The van der Waals surface area contributed by atoms with Crippen molar-refractivity contribution in [3.05, 3.63) is 64.7 Å². The van der Waals surface area contributed by atoms with Crippen molar-refractivity contribution in [2.75, 3.05) is 5.32 Å². The molecule has 5 nitrogen and oxygen atoms in total. The van der Waals surface area contributed by atoms with Gasteiger partial charge in [0.15, 0.2) is 6.10 Å². The summed E-state index contributed by atoms with van der Waals surface area (Å²) in [7, 11) is 0. The predicted molar refractivity (Wildman–Crippen MR) is 90.6 cm³/mol. The molecule has 5 heteroatoms. The molecule has 1 atom stereocenters. The Labute approximate surface area is 140 Å². The van der Waals surface area contributed by atoms with Gasteiger partial charge in [0.2, 0.25) is 0 Å². The number of aryl methyl sites for hydroxylation is 2. The van der Waals surface area contributed by atoms with Gasteiger partial charge in [0.05, 0.1) is 17.2 Å². The Morgan fingerprint density at radius 1 is 1.17 bits per heavy atom. The van der Waals surface area contributed by atoms with Crippen molar-refractivity contribution in [2.24, 2.45) is 0 Å². The molecular weight excluding hydrogens is 304 g/mol. The van der Waals surface area contributed by atoms with Crippen LogP contribution in [0.15, 0.2) is 42.5 Å². The van der Waals surface area contributed by atoms with E-state index in [4.69, 9.17) is 10.00 Å². The number of esters is 1. The van der Waals surface area contributed by atoms with Crippen molar-refractivity contribution in [2.45, 2.75) is 26.9 Å². The number of nitrogens with zero attached hydrogens (tertiary/aromatic N) is 1. The monoisotopic (exact) mass is 322 g/mol. The average molecular weight is 322 g/mol. The van der Waals surface area contributed by atoms with Crippen LogP contribution in [0.4, 0.5) is 5.69 Å². The van der Waals surface area contributed by atoms with Crippen LogP contribution in [0, 0.1) is 25.2 Å². The lowest BCUT2D eigenvalue weighted by Crippen LogP contribution is -2.30. The highest BCUT2D eigenvalue weighted by Gasteiger charge is 2.20. The molecule has 0 heterocycles. The van der Waals surface area contributed by atoms with Gasteiger partial charge in [-0.25, -0.2) is 4.79 Å². The number of ether oxygens (including phenoxy) is 1. The van der Waals surface area contributed by atoms with Crippen LogP contribution in [0.2, 0.25) is 0 Å². The van der Waals surface area contributed by atoms with E-state index >= 15 is 0 Å². The molecule has 2 aromatic rings. The number of hydrogen-bond donors (Lipinski definition) is 1. The Morgan fingerprint density at radius 3 is 2.58 bits per heavy atom. The van der Waals surface area contributed by atoms with Crippen molar-refractivity contribution in [1.82, 2.24) is 0 Å².